The molecule has 0 aliphatic heterocycles. The van der Waals surface area contributed by atoms with Crippen molar-refractivity contribution in [3.05, 3.63) is 77.6 Å². The zero-order valence-corrected chi connectivity index (χ0v) is 9.76. The van der Waals surface area contributed by atoms with Crippen molar-refractivity contribution in [3.8, 4) is 0 Å². The fourth-order valence-electron chi connectivity index (χ4n) is 1.63. The fraction of sp³-hybridized carbons (Fsp3) is 0. The van der Waals surface area contributed by atoms with E-state index in [1.165, 1.54) is 0 Å². The zero-order valence-electron chi connectivity index (χ0n) is 8.76. The first-order chi connectivity index (χ1) is 7.92. The lowest BCUT2D eigenvalue weighted by Crippen LogP contribution is -1.85. The summed E-state index contributed by atoms with van der Waals surface area (Å²) in [5.41, 5.74) is 3.21. The van der Waals surface area contributed by atoms with E-state index in [9.17, 15) is 4.57 Å². The van der Waals surface area contributed by atoms with E-state index in [-0.39, 0.29) is 0 Å². The van der Waals surface area contributed by atoms with Gasteiger partial charge in [0.25, 0.3) is 0 Å². The Bertz CT molecular complexity index is 447. The van der Waals surface area contributed by atoms with E-state index in [2.05, 4.69) is 0 Å². The number of hydrogen-bond donors (Lipinski definition) is 0. The van der Waals surface area contributed by atoms with Crippen molar-refractivity contribution in [2.75, 3.05) is 0 Å². The molecule has 0 fully saturated rings. The van der Waals surface area contributed by atoms with Gasteiger partial charge in [0.15, 0.2) is 5.82 Å². The Kier molecular flexibility index (Phi) is 3.63. The molecule has 0 aliphatic rings. The molecule has 0 amide bonds. The Balaban J connectivity index is 2.48. The maximum absolute atomic E-state index is 10.8. The average molecular weight is 227 g/mol. The fourth-order valence-corrected chi connectivity index (χ4v) is 2.08. The van der Waals surface area contributed by atoms with Crippen molar-refractivity contribution < 1.29 is 4.57 Å². The highest BCUT2D eigenvalue weighted by Crippen LogP contribution is 2.25. The predicted octanol–water partition coefficient (Wildman–Crippen LogP) is 4.10. The molecule has 2 rings (SSSR count). The molecule has 0 aromatic heterocycles. The third-order valence-corrected chi connectivity index (χ3v) is 2.78. The summed E-state index contributed by atoms with van der Waals surface area (Å²) < 4.78 is 10.8. The lowest BCUT2D eigenvalue weighted by molar-refractivity contribution is 0.603. The second-order valence-electron chi connectivity index (χ2n) is 3.41. The summed E-state index contributed by atoms with van der Waals surface area (Å²) in [6, 6.07) is 20.0. The zero-order chi connectivity index (χ0) is 11.2. The van der Waals surface area contributed by atoms with E-state index >= 15 is 0 Å². The van der Waals surface area contributed by atoms with Crippen molar-refractivity contribution in [2.24, 2.45) is 0 Å². The molecule has 2 heteroatoms. The van der Waals surface area contributed by atoms with Crippen LogP contribution in [0.2, 0.25) is 0 Å². The molecule has 2 aromatic rings. The molecular formula is C14H12OP+. The lowest BCUT2D eigenvalue weighted by Gasteiger charge is -2.04. The van der Waals surface area contributed by atoms with Crippen molar-refractivity contribution >= 4 is 14.0 Å². The summed E-state index contributed by atoms with van der Waals surface area (Å²) in [5.74, 6) is 1.75. The maximum Gasteiger partial charge on any atom is 0.356 e. The molecule has 16 heavy (non-hydrogen) atoms. The summed E-state index contributed by atoms with van der Waals surface area (Å²) in [6.45, 7) is 0. The quantitative estimate of drug-likeness (QED) is 0.721. The minimum atomic E-state index is -0.423. The summed E-state index contributed by atoms with van der Waals surface area (Å²) in [5, 5.41) is 0. The van der Waals surface area contributed by atoms with Crippen LogP contribution in [0.15, 0.2) is 66.5 Å². The van der Waals surface area contributed by atoms with Gasteiger partial charge in [-0.3, -0.25) is 0 Å². The van der Waals surface area contributed by atoms with E-state index in [4.69, 9.17) is 0 Å². The lowest BCUT2D eigenvalue weighted by atomic mass is 10.00. The summed E-state index contributed by atoms with van der Waals surface area (Å²) in [7, 11) is -0.423. The largest absolute Gasteiger partial charge is 0.356 e. The van der Waals surface area contributed by atoms with Crippen LogP contribution in [0.1, 0.15) is 11.1 Å². The first-order valence-corrected chi connectivity index (χ1v) is 6.09. The Labute approximate surface area is 96.6 Å². The molecule has 78 valence electrons. The monoisotopic (exact) mass is 227 g/mol. The van der Waals surface area contributed by atoms with Crippen molar-refractivity contribution in [1.29, 1.82) is 0 Å². The van der Waals surface area contributed by atoms with Gasteiger partial charge in [0.1, 0.15) is 0 Å². The highest BCUT2D eigenvalue weighted by Gasteiger charge is 2.06. The van der Waals surface area contributed by atoms with Crippen molar-refractivity contribution in [2.45, 2.75) is 0 Å². The first kappa shape index (κ1) is 10.8. The van der Waals surface area contributed by atoms with Gasteiger partial charge in [0, 0.05) is 5.57 Å². The number of benzene rings is 2. The van der Waals surface area contributed by atoms with Gasteiger partial charge >= 0.3 is 8.46 Å². The van der Waals surface area contributed by atoms with Gasteiger partial charge in [-0.25, -0.2) is 0 Å². The Morgan fingerprint density at radius 3 is 1.62 bits per heavy atom. The molecule has 0 heterocycles. The molecular weight excluding hydrogens is 215 g/mol. The topological polar surface area (TPSA) is 17.1 Å². The molecule has 1 unspecified atom stereocenters. The van der Waals surface area contributed by atoms with Crippen LogP contribution in [0.5, 0.6) is 0 Å². The van der Waals surface area contributed by atoms with Crippen LogP contribution < -0.4 is 0 Å². The van der Waals surface area contributed by atoms with E-state index in [0.717, 1.165) is 16.7 Å². The van der Waals surface area contributed by atoms with Crippen LogP contribution in [0.3, 0.4) is 0 Å². The molecule has 0 saturated carbocycles. The van der Waals surface area contributed by atoms with E-state index in [1.54, 1.807) is 5.82 Å². The smallest absolute Gasteiger partial charge is 0.0714 e. The van der Waals surface area contributed by atoms with Gasteiger partial charge in [-0.15, -0.1) is 0 Å². The van der Waals surface area contributed by atoms with Crippen LogP contribution in [-0.4, -0.2) is 0 Å². The Hall–Kier alpha value is -1.72. The maximum atomic E-state index is 10.8. The molecule has 1 nitrogen and oxygen atoms in total. The third kappa shape index (κ3) is 2.44. The molecule has 0 saturated heterocycles. The van der Waals surface area contributed by atoms with Crippen LogP contribution in [-0.2, 0) is 4.57 Å². The molecule has 0 N–H and O–H groups in total. The van der Waals surface area contributed by atoms with Gasteiger partial charge < -0.3 is 0 Å². The molecule has 2 aromatic carbocycles. The van der Waals surface area contributed by atoms with Crippen molar-refractivity contribution in [3.63, 3.8) is 0 Å². The normalized spacial score (nSPS) is 10.0. The first-order valence-electron chi connectivity index (χ1n) is 5.10. The van der Waals surface area contributed by atoms with Crippen LogP contribution >= 0.6 is 8.46 Å². The predicted molar refractivity (Wildman–Crippen MR) is 69.0 cm³/mol. The van der Waals surface area contributed by atoms with Crippen LogP contribution in [0, 0.1) is 0 Å². The molecule has 0 bridgehead atoms. The van der Waals surface area contributed by atoms with E-state index < -0.39 is 8.46 Å². The SMILES string of the molecule is O=[PH+]C=C(c1ccccc1)c1ccccc1. The minimum absolute atomic E-state index is 0.423. The second-order valence-corrected chi connectivity index (χ2v) is 3.93. The average Bonchev–Trinajstić information content (AvgIpc) is 2.38. The summed E-state index contributed by atoms with van der Waals surface area (Å²) in [6.07, 6.45) is 0. The van der Waals surface area contributed by atoms with Gasteiger partial charge in [0.2, 0.25) is 0 Å². The minimum Gasteiger partial charge on any atom is -0.0714 e. The highest BCUT2D eigenvalue weighted by atomic mass is 31.1. The molecule has 0 radical (unpaired) electrons. The van der Waals surface area contributed by atoms with Gasteiger partial charge in [-0.1, -0.05) is 65.2 Å². The van der Waals surface area contributed by atoms with E-state index in [0.29, 0.717) is 0 Å². The highest BCUT2D eigenvalue weighted by molar-refractivity contribution is 7.28. The summed E-state index contributed by atoms with van der Waals surface area (Å²) >= 11 is 0. The number of hydrogen-bond acceptors (Lipinski definition) is 1. The molecule has 0 spiro atoms. The standard InChI is InChI=1S/C14H11OP/c15-16-11-14(12-7-3-1-4-8-12)13-9-5-2-6-10-13/h1-11H/p+1. The van der Waals surface area contributed by atoms with Crippen LogP contribution in [0.4, 0.5) is 0 Å². The van der Waals surface area contributed by atoms with Gasteiger partial charge in [0.05, 0.1) is 0 Å². The molecule has 1 atom stereocenters. The third-order valence-electron chi connectivity index (χ3n) is 2.37. The van der Waals surface area contributed by atoms with Gasteiger partial charge in [-0.05, 0) is 11.1 Å². The van der Waals surface area contributed by atoms with Crippen LogP contribution in [0.25, 0.3) is 5.57 Å². The molecule has 0 aliphatic carbocycles. The summed E-state index contributed by atoms with van der Waals surface area (Å²) in [4.78, 5) is 0. The number of rotatable bonds is 3. The second kappa shape index (κ2) is 5.39. The van der Waals surface area contributed by atoms with Gasteiger partial charge in [-0.2, -0.15) is 0 Å². The Morgan fingerprint density at radius 2 is 1.25 bits per heavy atom. The van der Waals surface area contributed by atoms with E-state index in [1.807, 2.05) is 60.7 Å². The Morgan fingerprint density at radius 1 is 0.812 bits per heavy atom. The van der Waals surface area contributed by atoms with Crippen molar-refractivity contribution in [1.82, 2.24) is 0 Å².